The van der Waals surface area contributed by atoms with E-state index in [1.165, 1.54) is 0 Å². The molecule has 1 heterocycles. The van der Waals surface area contributed by atoms with Crippen molar-refractivity contribution in [1.29, 1.82) is 0 Å². The van der Waals surface area contributed by atoms with Crippen molar-refractivity contribution in [2.75, 3.05) is 6.54 Å². The Hall–Kier alpha value is -2.36. The van der Waals surface area contributed by atoms with Crippen LogP contribution in [0.25, 0.3) is 10.8 Å². The second-order valence-electron chi connectivity index (χ2n) is 3.83. The van der Waals surface area contributed by atoms with Crippen LogP contribution in [0.5, 0.6) is 0 Å². The highest BCUT2D eigenvalue weighted by Crippen LogP contribution is 2.30. The summed E-state index contributed by atoms with van der Waals surface area (Å²) in [6.07, 6.45) is 0. The maximum absolute atomic E-state index is 12.0. The number of Topliss-reactive ketones (excluding diaryl/α,β-unsaturated/α-hetero) is 2. The lowest BCUT2D eigenvalue weighted by molar-refractivity contribution is -0.113. The van der Waals surface area contributed by atoms with Crippen LogP contribution < -0.4 is 0 Å². The molecule has 0 N–H and O–H groups in total. The maximum atomic E-state index is 12.0. The fraction of sp³-hybridized carbons (Fsp3) is 0.0769. The van der Waals surface area contributed by atoms with Crippen LogP contribution in [0.15, 0.2) is 46.6 Å². The number of nitrogens with zero attached hydrogens (tertiary/aromatic N) is 2. The van der Waals surface area contributed by atoms with Crippen LogP contribution in [0.3, 0.4) is 0 Å². The molecule has 0 spiro atoms. The summed E-state index contributed by atoms with van der Waals surface area (Å²) in [5.41, 5.74) is 0.842. The highest BCUT2D eigenvalue weighted by atomic mass is 16.2. The lowest BCUT2D eigenvalue weighted by Gasteiger charge is -2.05. The van der Waals surface area contributed by atoms with E-state index in [1.807, 2.05) is 30.3 Å². The van der Waals surface area contributed by atoms with Crippen LogP contribution >= 0.6 is 0 Å². The molecule has 0 radical (unpaired) electrons. The first kappa shape index (κ1) is 9.84. The van der Waals surface area contributed by atoms with Crippen molar-refractivity contribution >= 4 is 28.0 Å². The smallest absolute Gasteiger partial charge is 0.233 e. The minimum Gasteiger partial charge on any atom is -0.288 e. The van der Waals surface area contributed by atoms with Gasteiger partial charge in [0.2, 0.25) is 11.6 Å². The van der Waals surface area contributed by atoms with E-state index in [0.29, 0.717) is 11.3 Å². The molecule has 17 heavy (non-hydrogen) atoms. The van der Waals surface area contributed by atoms with Gasteiger partial charge in [0.15, 0.2) is 0 Å². The molecule has 2 aromatic carbocycles. The second-order valence-corrected chi connectivity index (χ2v) is 3.83. The molecule has 0 amide bonds. The number of rotatable bonds is 0. The van der Waals surface area contributed by atoms with Crippen molar-refractivity contribution in [1.82, 2.24) is 0 Å². The molecule has 0 saturated carbocycles. The first-order valence-corrected chi connectivity index (χ1v) is 5.24. The topological polar surface area (TPSA) is 58.9 Å². The van der Waals surface area contributed by atoms with Gasteiger partial charge >= 0.3 is 0 Å². The van der Waals surface area contributed by atoms with Gasteiger partial charge in [0.1, 0.15) is 6.54 Å². The Balaban J connectivity index is 2.42. The average molecular weight is 224 g/mol. The summed E-state index contributed by atoms with van der Waals surface area (Å²) in [5.74, 6) is -1.01. The molecular formula is C13H8N2O2. The number of benzene rings is 2. The van der Waals surface area contributed by atoms with E-state index in [1.54, 1.807) is 6.07 Å². The standard InChI is InChI=1S/C13H8N2O2/c16-11-7-14-15-10-6-5-8-3-1-2-4-9(8)12(10)13(11)17/h1-6H,7H2. The molecule has 0 saturated heterocycles. The van der Waals surface area contributed by atoms with Gasteiger partial charge in [-0.2, -0.15) is 10.2 Å². The molecule has 1 aliphatic rings. The van der Waals surface area contributed by atoms with E-state index in [2.05, 4.69) is 10.2 Å². The zero-order chi connectivity index (χ0) is 11.8. The predicted molar refractivity (Wildman–Crippen MR) is 62.7 cm³/mol. The normalized spacial score (nSPS) is 14.8. The van der Waals surface area contributed by atoms with Gasteiger partial charge in [-0.25, -0.2) is 0 Å². The fourth-order valence-electron chi connectivity index (χ4n) is 1.97. The Morgan fingerprint density at radius 2 is 1.82 bits per heavy atom. The molecule has 82 valence electrons. The molecule has 0 bridgehead atoms. The van der Waals surface area contributed by atoms with Gasteiger partial charge in [0.25, 0.3) is 0 Å². The largest absolute Gasteiger partial charge is 0.288 e. The third kappa shape index (κ3) is 1.45. The van der Waals surface area contributed by atoms with E-state index in [0.717, 1.165) is 10.8 Å². The first-order valence-electron chi connectivity index (χ1n) is 5.24. The molecule has 0 atom stereocenters. The van der Waals surface area contributed by atoms with Crippen molar-refractivity contribution in [2.24, 2.45) is 10.2 Å². The summed E-state index contributed by atoms with van der Waals surface area (Å²) in [6, 6.07) is 11.0. The number of fused-ring (bicyclic) bond motifs is 3. The van der Waals surface area contributed by atoms with Crippen LogP contribution in [-0.4, -0.2) is 18.1 Å². The number of carbonyl (C=O) groups is 2. The zero-order valence-corrected chi connectivity index (χ0v) is 8.88. The second kappa shape index (κ2) is 3.59. The molecule has 4 nitrogen and oxygen atoms in total. The summed E-state index contributed by atoms with van der Waals surface area (Å²) in [4.78, 5) is 23.5. The molecule has 1 aliphatic heterocycles. The van der Waals surface area contributed by atoms with Crippen LogP contribution in [0.2, 0.25) is 0 Å². The summed E-state index contributed by atoms with van der Waals surface area (Å²) in [5, 5.41) is 9.30. The highest BCUT2D eigenvalue weighted by Gasteiger charge is 2.24. The Bertz CT molecular complexity index is 674. The van der Waals surface area contributed by atoms with Crippen molar-refractivity contribution in [3.05, 3.63) is 42.0 Å². The number of ketones is 2. The average Bonchev–Trinajstić information content (AvgIpc) is 2.50. The number of azo groups is 1. The van der Waals surface area contributed by atoms with Crippen LogP contribution in [0, 0.1) is 0 Å². The minimum absolute atomic E-state index is 0.165. The van der Waals surface area contributed by atoms with E-state index >= 15 is 0 Å². The molecular weight excluding hydrogens is 216 g/mol. The number of hydrogen-bond donors (Lipinski definition) is 0. The Labute approximate surface area is 97.0 Å². The lowest BCUT2D eigenvalue weighted by Crippen LogP contribution is -2.15. The van der Waals surface area contributed by atoms with Crippen LogP contribution in [0.1, 0.15) is 10.4 Å². The van der Waals surface area contributed by atoms with E-state index in [4.69, 9.17) is 0 Å². The van der Waals surface area contributed by atoms with Crippen LogP contribution in [-0.2, 0) is 4.79 Å². The number of hydrogen-bond acceptors (Lipinski definition) is 4. The van der Waals surface area contributed by atoms with Gasteiger partial charge in [-0.3, -0.25) is 9.59 Å². The summed E-state index contributed by atoms with van der Waals surface area (Å²) >= 11 is 0. The fourth-order valence-corrected chi connectivity index (χ4v) is 1.97. The van der Waals surface area contributed by atoms with E-state index in [9.17, 15) is 9.59 Å². The third-order valence-electron chi connectivity index (χ3n) is 2.78. The Morgan fingerprint density at radius 3 is 2.71 bits per heavy atom. The molecule has 0 fully saturated rings. The first-order chi connectivity index (χ1) is 8.27. The van der Waals surface area contributed by atoms with E-state index < -0.39 is 11.6 Å². The van der Waals surface area contributed by atoms with Gasteiger partial charge < -0.3 is 0 Å². The lowest BCUT2D eigenvalue weighted by atomic mass is 9.98. The van der Waals surface area contributed by atoms with E-state index in [-0.39, 0.29) is 6.54 Å². The molecule has 2 aromatic rings. The molecule has 3 rings (SSSR count). The summed E-state index contributed by atoms with van der Waals surface area (Å²) in [6.45, 7) is -0.165. The molecule has 0 aromatic heterocycles. The Kier molecular flexibility index (Phi) is 2.08. The quantitative estimate of drug-likeness (QED) is 0.646. The third-order valence-corrected chi connectivity index (χ3v) is 2.78. The van der Waals surface area contributed by atoms with Crippen LogP contribution in [0.4, 0.5) is 5.69 Å². The predicted octanol–water partition coefficient (Wildman–Crippen LogP) is 2.69. The zero-order valence-electron chi connectivity index (χ0n) is 8.88. The van der Waals surface area contributed by atoms with Crippen molar-refractivity contribution in [3.8, 4) is 0 Å². The monoisotopic (exact) mass is 224 g/mol. The highest BCUT2D eigenvalue weighted by molar-refractivity contribution is 6.47. The SMILES string of the molecule is O=C1CN=Nc2ccc3ccccc3c2C1=O. The van der Waals surface area contributed by atoms with Gasteiger partial charge in [0, 0.05) is 0 Å². The summed E-state index contributed by atoms with van der Waals surface area (Å²) < 4.78 is 0. The van der Waals surface area contributed by atoms with Crippen molar-refractivity contribution in [3.63, 3.8) is 0 Å². The molecule has 4 heteroatoms. The number of carbonyl (C=O) groups excluding carboxylic acids is 2. The van der Waals surface area contributed by atoms with Crippen molar-refractivity contribution < 1.29 is 9.59 Å². The van der Waals surface area contributed by atoms with Gasteiger partial charge in [-0.1, -0.05) is 30.3 Å². The Morgan fingerprint density at radius 1 is 1.00 bits per heavy atom. The summed E-state index contributed by atoms with van der Waals surface area (Å²) in [7, 11) is 0. The van der Waals surface area contributed by atoms with Gasteiger partial charge in [-0.15, -0.1) is 0 Å². The molecule has 0 aliphatic carbocycles. The maximum Gasteiger partial charge on any atom is 0.233 e. The van der Waals surface area contributed by atoms with Gasteiger partial charge in [0.05, 0.1) is 11.3 Å². The minimum atomic E-state index is -0.510. The van der Waals surface area contributed by atoms with Crippen molar-refractivity contribution in [2.45, 2.75) is 0 Å². The molecule has 0 unspecified atom stereocenters. The van der Waals surface area contributed by atoms with Gasteiger partial charge in [-0.05, 0) is 16.8 Å².